The van der Waals surface area contributed by atoms with E-state index >= 15 is 0 Å². The van der Waals surface area contributed by atoms with Crippen LogP contribution in [0.25, 0.3) is 0 Å². The van der Waals surface area contributed by atoms with Crippen LogP contribution in [0.15, 0.2) is 12.7 Å². The second-order valence-corrected chi connectivity index (χ2v) is 5.95. The Morgan fingerprint density at radius 1 is 1.39 bits per heavy atom. The van der Waals surface area contributed by atoms with Crippen molar-refractivity contribution in [2.24, 2.45) is 0 Å². The van der Waals surface area contributed by atoms with E-state index in [9.17, 15) is 18.4 Å². The lowest BCUT2D eigenvalue weighted by Gasteiger charge is -2.18. The van der Waals surface area contributed by atoms with Crippen LogP contribution in [0, 0.1) is 0 Å². The van der Waals surface area contributed by atoms with Crippen LogP contribution in [0.1, 0.15) is 34.6 Å². The molecule has 3 rings (SSSR count). The van der Waals surface area contributed by atoms with Crippen molar-refractivity contribution in [2.75, 3.05) is 13.1 Å². The van der Waals surface area contributed by atoms with Gasteiger partial charge in [0.2, 0.25) is 5.91 Å². The fraction of sp³-hybridized carbons (Fsp3) is 0.533. The number of carbonyl (C=O) groups is 2. The van der Waals surface area contributed by atoms with Crippen molar-refractivity contribution >= 4 is 11.8 Å². The van der Waals surface area contributed by atoms with Crippen molar-refractivity contribution in [2.45, 2.75) is 37.6 Å². The number of aromatic amines is 1. The zero-order chi connectivity index (χ0) is 16.6. The van der Waals surface area contributed by atoms with Gasteiger partial charge in [-0.1, -0.05) is 6.58 Å². The molecule has 1 aromatic rings. The van der Waals surface area contributed by atoms with Crippen molar-refractivity contribution in [1.29, 1.82) is 0 Å². The summed E-state index contributed by atoms with van der Waals surface area (Å²) in [7, 11) is 0. The molecule has 1 fully saturated rings. The van der Waals surface area contributed by atoms with Gasteiger partial charge in [-0.3, -0.25) is 14.7 Å². The molecule has 0 bridgehead atoms. The van der Waals surface area contributed by atoms with Crippen molar-refractivity contribution in [3.63, 3.8) is 0 Å². The van der Waals surface area contributed by atoms with Crippen LogP contribution in [0.3, 0.4) is 0 Å². The molecule has 2 aliphatic rings. The molecule has 1 aliphatic heterocycles. The van der Waals surface area contributed by atoms with Crippen LogP contribution in [0.5, 0.6) is 0 Å². The van der Waals surface area contributed by atoms with Gasteiger partial charge >= 0.3 is 0 Å². The topological polar surface area (TPSA) is 78.1 Å². The molecule has 0 radical (unpaired) electrons. The monoisotopic (exact) mass is 324 g/mol. The summed E-state index contributed by atoms with van der Waals surface area (Å²) in [6, 6.07) is -1.42. The lowest BCUT2D eigenvalue weighted by atomic mass is 9.95. The zero-order valence-corrected chi connectivity index (χ0v) is 12.6. The summed E-state index contributed by atoms with van der Waals surface area (Å²) < 4.78 is 28.1. The molecular formula is C15H18F2N4O2. The molecule has 1 atom stereocenters. The van der Waals surface area contributed by atoms with Gasteiger partial charge in [-0.2, -0.15) is 5.10 Å². The van der Waals surface area contributed by atoms with Crippen LogP contribution in [0.2, 0.25) is 0 Å². The smallest absolute Gasteiger partial charge is 0.286 e. The molecule has 1 aliphatic carbocycles. The van der Waals surface area contributed by atoms with E-state index in [2.05, 4.69) is 22.1 Å². The standard InChI is InChI=1S/C15H18F2N4O2/c1-2-12(22)21-7-11(15(16,17)8-21)18-14(23)13-9-5-3-4-6-10(9)19-20-13/h2,11H,1,3-8H2,(H,18,23)(H,19,20). The number of alkyl halides is 2. The van der Waals surface area contributed by atoms with E-state index < -0.39 is 30.3 Å². The Balaban J connectivity index is 1.74. The number of H-pyrrole nitrogens is 1. The normalized spacial score (nSPS) is 22.5. The fourth-order valence-electron chi connectivity index (χ4n) is 3.13. The maximum atomic E-state index is 14.0. The number of hydrogen-bond acceptors (Lipinski definition) is 3. The number of likely N-dealkylation sites (tertiary alicyclic amines) is 1. The van der Waals surface area contributed by atoms with Gasteiger partial charge in [-0.15, -0.1) is 0 Å². The Morgan fingerprint density at radius 3 is 2.87 bits per heavy atom. The van der Waals surface area contributed by atoms with E-state index in [4.69, 9.17) is 0 Å². The molecule has 6 nitrogen and oxygen atoms in total. The van der Waals surface area contributed by atoms with Crippen molar-refractivity contribution in [1.82, 2.24) is 20.4 Å². The average Bonchev–Trinajstić information content (AvgIpc) is 3.08. The fourth-order valence-corrected chi connectivity index (χ4v) is 3.13. The minimum absolute atomic E-state index is 0.184. The van der Waals surface area contributed by atoms with Gasteiger partial charge in [-0.25, -0.2) is 8.78 Å². The van der Waals surface area contributed by atoms with Gasteiger partial charge in [-0.05, 0) is 31.8 Å². The number of nitrogens with one attached hydrogen (secondary N) is 2. The second-order valence-electron chi connectivity index (χ2n) is 5.95. The molecule has 1 saturated heterocycles. The highest BCUT2D eigenvalue weighted by atomic mass is 19.3. The summed E-state index contributed by atoms with van der Waals surface area (Å²) in [5.41, 5.74) is 1.90. The van der Waals surface area contributed by atoms with Crippen LogP contribution in [-0.2, 0) is 17.6 Å². The van der Waals surface area contributed by atoms with Gasteiger partial charge in [0.1, 0.15) is 6.04 Å². The molecule has 0 aromatic carbocycles. The largest absolute Gasteiger partial charge is 0.340 e. The molecule has 2 N–H and O–H groups in total. The highest BCUT2D eigenvalue weighted by molar-refractivity contribution is 5.94. The number of hydrogen-bond donors (Lipinski definition) is 2. The Kier molecular flexibility index (Phi) is 3.91. The van der Waals surface area contributed by atoms with E-state index in [1.54, 1.807) is 0 Å². The van der Waals surface area contributed by atoms with E-state index in [-0.39, 0.29) is 12.2 Å². The van der Waals surface area contributed by atoms with E-state index in [1.165, 1.54) is 0 Å². The quantitative estimate of drug-likeness (QED) is 0.816. The highest BCUT2D eigenvalue weighted by Crippen LogP contribution is 2.29. The minimum Gasteiger partial charge on any atom is -0.340 e. The molecule has 0 saturated carbocycles. The summed E-state index contributed by atoms with van der Waals surface area (Å²) in [5, 5.41) is 9.12. The molecule has 23 heavy (non-hydrogen) atoms. The van der Waals surface area contributed by atoms with Gasteiger partial charge in [0.25, 0.3) is 11.8 Å². The number of aryl methyl sites for hydroxylation is 1. The molecular weight excluding hydrogens is 306 g/mol. The number of amides is 2. The minimum atomic E-state index is -3.18. The summed E-state index contributed by atoms with van der Waals surface area (Å²) in [4.78, 5) is 24.8. The third-order valence-corrected chi connectivity index (χ3v) is 4.38. The Hall–Kier alpha value is -2.25. The lowest BCUT2D eigenvalue weighted by Crippen LogP contribution is -2.47. The lowest BCUT2D eigenvalue weighted by molar-refractivity contribution is -0.126. The van der Waals surface area contributed by atoms with Crippen molar-refractivity contribution in [3.8, 4) is 0 Å². The number of nitrogens with zero attached hydrogens (tertiary/aromatic N) is 2. The van der Waals surface area contributed by atoms with Crippen LogP contribution >= 0.6 is 0 Å². The Labute approximate surface area is 131 Å². The molecule has 0 spiro atoms. The third kappa shape index (κ3) is 2.85. The van der Waals surface area contributed by atoms with Crippen molar-refractivity contribution in [3.05, 3.63) is 29.6 Å². The summed E-state index contributed by atoms with van der Waals surface area (Å²) in [5.74, 6) is -4.37. The first-order chi connectivity index (χ1) is 10.9. The van der Waals surface area contributed by atoms with Crippen LogP contribution in [-0.4, -0.2) is 52.0 Å². The molecule has 1 unspecified atom stereocenters. The number of fused-ring (bicyclic) bond motifs is 1. The Morgan fingerprint density at radius 2 is 2.13 bits per heavy atom. The first-order valence-corrected chi connectivity index (χ1v) is 7.58. The molecule has 1 aromatic heterocycles. The SMILES string of the molecule is C=CC(=O)N1CC(NC(=O)c2n[nH]c3c2CCCC3)C(F)(F)C1. The zero-order valence-electron chi connectivity index (χ0n) is 12.6. The molecule has 8 heteroatoms. The van der Waals surface area contributed by atoms with E-state index in [0.717, 1.165) is 47.9 Å². The van der Waals surface area contributed by atoms with Crippen LogP contribution in [0.4, 0.5) is 8.78 Å². The highest BCUT2D eigenvalue weighted by Gasteiger charge is 2.50. The van der Waals surface area contributed by atoms with Gasteiger partial charge < -0.3 is 10.2 Å². The van der Waals surface area contributed by atoms with Gasteiger partial charge in [0, 0.05) is 17.8 Å². The summed E-state index contributed by atoms with van der Waals surface area (Å²) >= 11 is 0. The van der Waals surface area contributed by atoms with Crippen molar-refractivity contribution < 1.29 is 18.4 Å². The number of halogens is 2. The van der Waals surface area contributed by atoms with Gasteiger partial charge in [0.05, 0.1) is 6.54 Å². The first kappa shape index (κ1) is 15.6. The second kappa shape index (κ2) is 5.75. The summed E-state index contributed by atoms with van der Waals surface area (Å²) in [6.45, 7) is 2.33. The van der Waals surface area contributed by atoms with E-state index in [0.29, 0.717) is 0 Å². The van der Waals surface area contributed by atoms with E-state index in [1.807, 2.05) is 0 Å². The predicted octanol–water partition coefficient (Wildman–Crippen LogP) is 1.05. The molecule has 2 amide bonds. The first-order valence-electron chi connectivity index (χ1n) is 7.58. The Bertz CT molecular complexity index is 656. The van der Waals surface area contributed by atoms with Crippen LogP contribution < -0.4 is 5.32 Å². The molecule has 2 heterocycles. The maximum absolute atomic E-state index is 14.0. The number of rotatable bonds is 3. The predicted molar refractivity (Wildman–Crippen MR) is 78.2 cm³/mol. The molecule has 124 valence electrons. The summed E-state index contributed by atoms with van der Waals surface area (Å²) in [6.07, 6.45) is 4.50. The number of carbonyl (C=O) groups excluding carboxylic acids is 2. The number of aromatic nitrogens is 2. The average molecular weight is 324 g/mol. The maximum Gasteiger partial charge on any atom is 0.286 e. The van der Waals surface area contributed by atoms with Gasteiger partial charge in [0.15, 0.2) is 5.69 Å². The third-order valence-electron chi connectivity index (χ3n) is 4.38.